The first-order valence-corrected chi connectivity index (χ1v) is 10.5. The summed E-state index contributed by atoms with van der Waals surface area (Å²) in [6, 6.07) is 12.7. The maximum atomic E-state index is 13.0. The van der Waals surface area contributed by atoms with Gasteiger partial charge in [0.05, 0.1) is 18.8 Å². The quantitative estimate of drug-likeness (QED) is 0.715. The maximum absolute atomic E-state index is 13.0. The number of hydrogen-bond donors (Lipinski definition) is 1. The number of hydrogen-bond acceptors (Lipinski definition) is 3. The van der Waals surface area contributed by atoms with Gasteiger partial charge in [-0.15, -0.1) is 0 Å². The first kappa shape index (κ1) is 20.5. The van der Waals surface area contributed by atoms with Crippen molar-refractivity contribution in [3.05, 3.63) is 69.9 Å². The second-order valence-corrected chi connectivity index (χ2v) is 8.90. The van der Waals surface area contributed by atoms with Crippen LogP contribution < -0.4 is 5.32 Å². The van der Waals surface area contributed by atoms with E-state index in [0.29, 0.717) is 5.56 Å². The zero-order valence-electron chi connectivity index (χ0n) is 14.4. The van der Waals surface area contributed by atoms with E-state index in [1.165, 1.54) is 24.3 Å². The monoisotopic (exact) mass is 442 g/mol. The summed E-state index contributed by atoms with van der Waals surface area (Å²) < 4.78 is 39.0. The Bertz CT molecular complexity index is 855. The highest BCUT2D eigenvalue weighted by molar-refractivity contribution is 9.10. The summed E-state index contributed by atoms with van der Waals surface area (Å²) in [6.07, 6.45) is 1.04. The van der Waals surface area contributed by atoms with Crippen molar-refractivity contribution < 1.29 is 17.6 Å². The number of halogens is 2. The summed E-state index contributed by atoms with van der Waals surface area (Å²) in [5.74, 6) is -0.811. The van der Waals surface area contributed by atoms with Gasteiger partial charge in [0, 0.05) is 11.0 Å². The van der Waals surface area contributed by atoms with Crippen molar-refractivity contribution in [1.82, 2.24) is 9.62 Å². The van der Waals surface area contributed by atoms with Crippen LogP contribution in [0.3, 0.4) is 0 Å². The van der Waals surface area contributed by atoms with Gasteiger partial charge in [0.25, 0.3) is 0 Å². The molecule has 0 aliphatic carbocycles. The van der Waals surface area contributed by atoms with Crippen LogP contribution >= 0.6 is 15.9 Å². The standard InChI is InChI=1S/C18H20BrFN2O3S/c1-13(15-5-7-16(19)8-6-15)21-18(23)12-22(26(2,24)25)11-14-3-9-17(20)10-4-14/h3-10,13H,11-12H2,1-2H3,(H,21,23)/t13-/m0/s1. The minimum atomic E-state index is -3.60. The van der Waals surface area contributed by atoms with E-state index < -0.39 is 21.7 Å². The number of benzene rings is 2. The van der Waals surface area contributed by atoms with E-state index in [0.717, 1.165) is 20.6 Å². The number of carbonyl (C=O) groups is 1. The van der Waals surface area contributed by atoms with Crippen LogP contribution in [0.15, 0.2) is 53.0 Å². The second kappa shape index (κ2) is 8.75. The molecule has 0 saturated carbocycles. The Morgan fingerprint density at radius 2 is 1.73 bits per heavy atom. The zero-order valence-corrected chi connectivity index (χ0v) is 16.8. The Morgan fingerprint density at radius 3 is 2.27 bits per heavy atom. The summed E-state index contributed by atoms with van der Waals surface area (Å²) in [4.78, 5) is 12.3. The predicted octanol–water partition coefficient (Wildman–Crippen LogP) is 3.23. The van der Waals surface area contributed by atoms with Crippen molar-refractivity contribution in [2.75, 3.05) is 12.8 Å². The van der Waals surface area contributed by atoms with Crippen molar-refractivity contribution in [1.29, 1.82) is 0 Å². The van der Waals surface area contributed by atoms with Crippen LogP contribution in [-0.2, 0) is 21.4 Å². The van der Waals surface area contributed by atoms with Crippen LogP contribution in [0.2, 0.25) is 0 Å². The fourth-order valence-corrected chi connectivity index (χ4v) is 3.37. The van der Waals surface area contributed by atoms with Crippen LogP contribution in [0, 0.1) is 5.82 Å². The highest BCUT2D eigenvalue weighted by atomic mass is 79.9. The number of nitrogens with zero attached hydrogens (tertiary/aromatic N) is 1. The van der Waals surface area contributed by atoms with Crippen molar-refractivity contribution in [3.63, 3.8) is 0 Å². The maximum Gasteiger partial charge on any atom is 0.235 e. The molecule has 1 N–H and O–H groups in total. The van der Waals surface area contributed by atoms with Gasteiger partial charge in [0.1, 0.15) is 5.82 Å². The minimum absolute atomic E-state index is 0.000796. The molecular weight excluding hydrogens is 423 g/mol. The van der Waals surface area contributed by atoms with Crippen molar-refractivity contribution in [2.24, 2.45) is 0 Å². The van der Waals surface area contributed by atoms with Gasteiger partial charge in [-0.1, -0.05) is 40.2 Å². The van der Waals surface area contributed by atoms with Crippen LogP contribution in [0.1, 0.15) is 24.1 Å². The minimum Gasteiger partial charge on any atom is -0.348 e. The van der Waals surface area contributed by atoms with Gasteiger partial charge in [-0.3, -0.25) is 4.79 Å². The Morgan fingerprint density at radius 1 is 1.15 bits per heavy atom. The molecule has 8 heteroatoms. The second-order valence-electron chi connectivity index (χ2n) is 6.00. The summed E-state index contributed by atoms with van der Waals surface area (Å²) in [6.45, 7) is 1.52. The molecule has 0 spiro atoms. The molecule has 2 aromatic carbocycles. The van der Waals surface area contributed by atoms with Crippen LogP contribution in [0.25, 0.3) is 0 Å². The summed E-state index contributed by atoms with van der Waals surface area (Å²) in [7, 11) is -3.60. The van der Waals surface area contributed by atoms with Gasteiger partial charge in [0.2, 0.25) is 15.9 Å². The molecule has 2 aromatic rings. The average Bonchev–Trinajstić information content (AvgIpc) is 2.56. The number of sulfonamides is 1. The number of amides is 1. The van der Waals surface area contributed by atoms with E-state index >= 15 is 0 Å². The fraction of sp³-hybridized carbons (Fsp3) is 0.278. The lowest BCUT2D eigenvalue weighted by Gasteiger charge is -2.21. The van der Waals surface area contributed by atoms with Gasteiger partial charge < -0.3 is 5.32 Å². The third-order valence-electron chi connectivity index (χ3n) is 3.81. The van der Waals surface area contributed by atoms with Crippen LogP contribution in [0.4, 0.5) is 4.39 Å². The SMILES string of the molecule is C[C@H](NC(=O)CN(Cc1ccc(F)cc1)S(C)(=O)=O)c1ccc(Br)cc1. The van der Waals surface area contributed by atoms with E-state index in [-0.39, 0.29) is 19.1 Å². The molecule has 140 valence electrons. The third kappa shape index (κ3) is 6.19. The lowest BCUT2D eigenvalue weighted by atomic mass is 10.1. The Balaban J connectivity index is 2.04. The molecule has 1 amide bonds. The molecule has 0 radical (unpaired) electrons. The van der Waals surface area contributed by atoms with E-state index in [2.05, 4.69) is 21.2 Å². The molecule has 26 heavy (non-hydrogen) atoms. The van der Waals surface area contributed by atoms with Crippen molar-refractivity contribution in [2.45, 2.75) is 19.5 Å². The van der Waals surface area contributed by atoms with Gasteiger partial charge >= 0.3 is 0 Å². The highest BCUT2D eigenvalue weighted by Crippen LogP contribution is 2.17. The molecule has 0 heterocycles. The summed E-state index contributed by atoms with van der Waals surface area (Å²) in [5.41, 5.74) is 1.51. The molecular formula is C18H20BrFN2O3S. The zero-order chi connectivity index (χ0) is 19.3. The predicted molar refractivity (Wildman–Crippen MR) is 102 cm³/mol. The molecule has 0 aliphatic heterocycles. The smallest absolute Gasteiger partial charge is 0.235 e. The van der Waals surface area contributed by atoms with Gasteiger partial charge in [-0.25, -0.2) is 12.8 Å². The van der Waals surface area contributed by atoms with Gasteiger partial charge in [-0.05, 0) is 42.3 Å². The first-order chi connectivity index (χ1) is 12.1. The topological polar surface area (TPSA) is 66.5 Å². The molecule has 0 aromatic heterocycles. The van der Waals surface area contributed by atoms with Crippen LogP contribution in [-0.4, -0.2) is 31.4 Å². The highest BCUT2D eigenvalue weighted by Gasteiger charge is 2.21. The Kier molecular flexibility index (Phi) is 6.91. The number of carbonyl (C=O) groups excluding carboxylic acids is 1. The number of nitrogens with one attached hydrogen (secondary N) is 1. The molecule has 5 nitrogen and oxygen atoms in total. The average molecular weight is 443 g/mol. The number of rotatable bonds is 7. The third-order valence-corrected chi connectivity index (χ3v) is 5.53. The Labute approximate surface area is 161 Å². The lowest BCUT2D eigenvalue weighted by Crippen LogP contribution is -2.40. The molecule has 0 fully saturated rings. The molecule has 0 aliphatic rings. The summed E-state index contributed by atoms with van der Waals surface area (Å²) in [5, 5.41) is 2.79. The lowest BCUT2D eigenvalue weighted by molar-refractivity contribution is -0.122. The molecule has 0 unspecified atom stereocenters. The molecule has 0 bridgehead atoms. The normalized spacial score (nSPS) is 12.8. The van der Waals surface area contributed by atoms with Crippen molar-refractivity contribution >= 4 is 31.9 Å². The molecule has 1 atom stereocenters. The van der Waals surface area contributed by atoms with Crippen LogP contribution in [0.5, 0.6) is 0 Å². The summed E-state index contributed by atoms with van der Waals surface area (Å²) >= 11 is 3.35. The van der Waals surface area contributed by atoms with E-state index in [4.69, 9.17) is 0 Å². The van der Waals surface area contributed by atoms with Gasteiger partial charge in [-0.2, -0.15) is 4.31 Å². The van der Waals surface area contributed by atoms with E-state index in [9.17, 15) is 17.6 Å². The van der Waals surface area contributed by atoms with Crippen molar-refractivity contribution in [3.8, 4) is 0 Å². The first-order valence-electron chi connectivity index (χ1n) is 7.89. The fourth-order valence-electron chi connectivity index (χ4n) is 2.37. The molecule has 0 saturated heterocycles. The largest absolute Gasteiger partial charge is 0.348 e. The molecule has 2 rings (SSSR count). The van der Waals surface area contributed by atoms with E-state index in [1.807, 2.05) is 31.2 Å². The Hall–Kier alpha value is -1.77. The van der Waals surface area contributed by atoms with E-state index in [1.54, 1.807) is 0 Å². The van der Waals surface area contributed by atoms with Gasteiger partial charge in [0.15, 0.2) is 0 Å².